The molecule has 168 valence electrons. The Morgan fingerprint density at radius 2 is 1.81 bits per heavy atom. The predicted octanol–water partition coefficient (Wildman–Crippen LogP) is 3.61. The minimum Gasteiger partial charge on any atom is -0.338 e. The van der Waals surface area contributed by atoms with E-state index in [-0.39, 0.29) is 23.0 Å². The van der Waals surface area contributed by atoms with Crippen LogP contribution in [0.2, 0.25) is 0 Å². The van der Waals surface area contributed by atoms with Gasteiger partial charge in [-0.25, -0.2) is 8.42 Å². The number of nitrogens with zero attached hydrogens (tertiary/aromatic N) is 3. The van der Waals surface area contributed by atoms with Crippen molar-refractivity contribution >= 4 is 38.2 Å². The lowest BCUT2D eigenvalue weighted by molar-refractivity contribution is -0.384. The highest BCUT2D eigenvalue weighted by atomic mass is 32.2. The number of carbonyl (C=O) groups excluding carboxylic acids is 1. The van der Waals surface area contributed by atoms with E-state index in [2.05, 4.69) is 12.2 Å². The Labute approximate surface area is 185 Å². The Morgan fingerprint density at radius 1 is 1.12 bits per heavy atom. The summed E-state index contributed by atoms with van der Waals surface area (Å²) >= 11 is 0. The molecule has 0 unspecified atom stereocenters. The van der Waals surface area contributed by atoms with Crippen LogP contribution >= 0.6 is 0 Å². The smallest absolute Gasteiger partial charge is 0.270 e. The van der Waals surface area contributed by atoms with Gasteiger partial charge in [0.05, 0.1) is 9.82 Å². The van der Waals surface area contributed by atoms with Crippen molar-refractivity contribution in [2.75, 3.05) is 18.4 Å². The molecule has 0 saturated carbocycles. The highest BCUT2D eigenvalue weighted by Crippen LogP contribution is 2.25. The number of benzene rings is 2. The summed E-state index contributed by atoms with van der Waals surface area (Å²) in [7, 11) is -3.54. The molecule has 1 aliphatic heterocycles. The molecule has 1 saturated heterocycles. The Kier molecular flexibility index (Phi) is 5.98. The fraction of sp³-hybridized carbons (Fsp3) is 0.318. The van der Waals surface area contributed by atoms with E-state index >= 15 is 0 Å². The Bertz CT molecular complexity index is 1260. The monoisotopic (exact) mass is 456 g/mol. The Hall–Kier alpha value is -3.24. The number of fused-ring (bicyclic) bond motifs is 1. The molecule has 0 radical (unpaired) electrons. The maximum atomic E-state index is 12.8. The first-order chi connectivity index (χ1) is 15.2. The third kappa shape index (κ3) is 4.51. The van der Waals surface area contributed by atoms with Crippen LogP contribution in [-0.2, 0) is 21.4 Å². The van der Waals surface area contributed by atoms with E-state index < -0.39 is 14.9 Å². The van der Waals surface area contributed by atoms with Crippen LogP contribution in [0.4, 0.5) is 11.4 Å². The SMILES string of the molecule is CC1CCN(S(=O)(=O)c2ccc(NC(=O)Cn3ccc4cc([N+](=O)[O-])ccc43)cc2)CC1. The lowest BCUT2D eigenvalue weighted by Gasteiger charge is -2.29. The van der Waals surface area contributed by atoms with Crippen molar-refractivity contribution in [1.29, 1.82) is 0 Å². The fourth-order valence-corrected chi connectivity index (χ4v) is 5.35. The zero-order valence-corrected chi connectivity index (χ0v) is 18.4. The van der Waals surface area contributed by atoms with E-state index in [1.807, 2.05) is 0 Å². The van der Waals surface area contributed by atoms with Gasteiger partial charge in [0.2, 0.25) is 15.9 Å². The highest BCUT2D eigenvalue weighted by Gasteiger charge is 2.27. The Morgan fingerprint density at radius 3 is 2.47 bits per heavy atom. The van der Waals surface area contributed by atoms with Crippen LogP contribution in [0, 0.1) is 16.0 Å². The van der Waals surface area contributed by atoms with Gasteiger partial charge in [-0.15, -0.1) is 0 Å². The summed E-state index contributed by atoms with van der Waals surface area (Å²) in [5, 5.41) is 14.4. The van der Waals surface area contributed by atoms with Gasteiger partial charge in [0.1, 0.15) is 6.54 Å². The van der Waals surface area contributed by atoms with Crippen LogP contribution in [0.1, 0.15) is 19.8 Å². The fourth-order valence-electron chi connectivity index (χ4n) is 3.88. The number of hydrogen-bond donors (Lipinski definition) is 1. The van der Waals surface area contributed by atoms with E-state index in [1.165, 1.54) is 28.6 Å². The zero-order valence-electron chi connectivity index (χ0n) is 17.6. The number of non-ortho nitro benzene ring substituents is 1. The van der Waals surface area contributed by atoms with Crippen molar-refractivity contribution in [3.63, 3.8) is 0 Å². The van der Waals surface area contributed by atoms with E-state index in [4.69, 9.17) is 0 Å². The number of rotatable bonds is 6. The molecule has 1 aliphatic rings. The molecule has 1 aromatic heterocycles. The van der Waals surface area contributed by atoms with E-state index in [0.29, 0.717) is 35.6 Å². The lowest BCUT2D eigenvalue weighted by Crippen LogP contribution is -2.37. The third-order valence-electron chi connectivity index (χ3n) is 5.80. The summed E-state index contributed by atoms with van der Waals surface area (Å²) in [6.45, 7) is 3.20. The molecule has 32 heavy (non-hydrogen) atoms. The molecular formula is C22H24N4O5S. The van der Waals surface area contributed by atoms with Gasteiger partial charge < -0.3 is 9.88 Å². The summed E-state index contributed by atoms with van der Waals surface area (Å²) < 4.78 is 28.9. The molecular weight excluding hydrogens is 432 g/mol. The predicted molar refractivity (Wildman–Crippen MR) is 121 cm³/mol. The number of piperidine rings is 1. The minimum absolute atomic E-state index is 0.00573. The average Bonchev–Trinajstić information content (AvgIpc) is 3.16. The van der Waals surface area contributed by atoms with Gasteiger partial charge in [0.25, 0.3) is 5.69 Å². The summed E-state index contributed by atoms with van der Waals surface area (Å²) in [6, 6.07) is 12.4. The molecule has 4 rings (SSSR count). The summed E-state index contributed by atoms with van der Waals surface area (Å²) in [5.41, 5.74) is 1.20. The van der Waals surface area contributed by atoms with Crippen molar-refractivity contribution in [3.05, 3.63) is 64.8 Å². The molecule has 0 spiro atoms. The van der Waals surface area contributed by atoms with Gasteiger partial charge in [0, 0.05) is 48.0 Å². The molecule has 1 amide bonds. The lowest BCUT2D eigenvalue weighted by atomic mass is 10.0. The van der Waals surface area contributed by atoms with Crippen molar-refractivity contribution in [3.8, 4) is 0 Å². The number of anilines is 1. The van der Waals surface area contributed by atoms with Crippen LogP contribution in [-0.4, -0.2) is 41.2 Å². The van der Waals surface area contributed by atoms with Crippen LogP contribution < -0.4 is 5.32 Å². The maximum Gasteiger partial charge on any atom is 0.270 e. The topological polar surface area (TPSA) is 115 Å². The molecule has 1 fully saturated rings. The minimum atomic E-state index is -3.54. The van der Waals surface area contributed by atoms with Gasteiger partial charge >= 0.3 is 0 Å². The van der Waals surface area contributed by atoms with E-state index in [1.54, 1.807) is 35.0 Å². The molecule has 3 aromatic rings. The normalized spacial score (nSPS) is 15.7. The largest absolute Gasteiger partial charge is 0.338 e. The average molecular weight is 457 g/mol. The van der Waals surface area contributed by atoms with Crippen molar-refractivity contribution in [2.45, 2.75) is 31.2 Å². The molecule has 1 N–H and O–H groups in total. The van der Waals surface area contributed by atoms with Gasteiger partial charge in [-0.3, -0.25) is 14.9 Å². The zero-order chi connectivity index (χ0) is 22.9. The van der Waals surface area contributed by atoms with Crippen LogP contribution in [0.15, 0.2) is 59.6 Å². The number of carbonyl (C=O) groups is 1. The molecule has 0 bridgehead atoms. The number of sulfonamides is 1. The first-order valence-electron chi connectivity index (χ1n) is 10.4. The van der Waals surface area contributed by atoms with Gasteiger partial charge in [-0.05, 0) is 55.2 Å². The second-order valence-electron chi connectivity index (χ2n) is 8.10. The number of aromatic nitrogens is 1. The summed E-state index contributed by atoms with van der Waals surface area (Å²) in [4.78, 5) is 23.2. The van der Waals surface area contributed by atoms with Crippen molar-refractivity contribution < 1.29 is 18.1 Å². The van der Waals surface area contributed by atoms with E-state index in [0.717, 1.165) is 12.8 Å². The number of hydrogen-bond acceptors (Lipinski definition) is 5. The molecule has 9 nitrogen and oxygen atoms in total. The van der Waals surface area contributed by atoms with Crippen LogP contribution in [0.5, 0.6) is 0 Å². The van der Waals surface area contributed by atoms with Gasteiger partial charge in [-0.2, -0.15) is 4.31 Å². The molecule has 2 heterocycles. The highest BCUT2D eigenvalue weighted by molar-refractivity contribution is 7.89. The Balaban J connectivity index is 1.42. The quantitative estimate of drug-likeness (QED) is 0.449. The number of amides is 1. The molecule has 10 heteroatoms. The van der Waals surface area contributed by atoms with Crippen LogP contribution in [0.25, 0.3) is 10.9 Å². The maximum absolute atomic E-state index is 12.8. The van der Waals surface area contributed by atoms with Gasteiger partial charge in [0.15, 0.2) is 0 Å². The van der Waals surface area contributed by atoms with Crippen LogP contribution in [0.3, 0.4) is 0 Å². The number of nitro benzene ring substituents is 1. The van der Waals surface area contributed by atoms with Crippen molar-refractivity contribution in [2.24, 2.45) is 5.92 Å². The summed E-state index contributed by atoms with van der Waals surface area (Å²) in [5.74, 6) is 0.244. The first-order valence-corrected chi connectivity index (χ1v) is 11.8. The third-order valence-corrected chi connectivity index (χ3v) is 7.71. The molecule has 2 aromatic carbocycles. The standard InChI is InChI=1S/C22H24N4O5S/c1-16-8-12-25(13-9-16)32(30,31)20-5-2-18(3-6-20)23-22(27)15-24-11-10-17-14-19(26(28)29)4-7-21(17)24/h2-7,10-11,14,16H,8-9,12-13,15H2,1H3,(H,23,27). The second kappa shape index (κ2) is 8.71. The number of nitro groups is 1. The number of nitrogens with one attached hydrogen (secondary N) is 1. The molecule has 0 aliphatic carbocycles. The molecule has 0 atom stereocenters. The van der Waals surface area contributed by atoms with E-state index in [9.17, 15) is 23.3 Å². The summed E-state index contributed by atoms with van der Waals surface area (Å²) in [6.07, 6.45) is 3.41. The van der Waals surface area contributed by atoms with Crippen molar-refractivity contribution in [1.82, 2.24) is 8.87 Å². The second-order valence-corrected chi connectivity index (χ2v) is 10.0. The van der Waals surface area contributed by atoms with Gasteiger partial charge in [-0.1, -0.05) is 6.92 Å². The first kappa shape index (κ1) is 22.0.